The van der Waals surface area contributed by atoms with E-state index in [0.717, 1.165) is 28.2 Å². The van der Waals surface area contributed by atoms with Gasteiger partial charge in [0.1, 0.15) is 11.3 Å². The molecule has 1 aromatic heterocycles. The first-order chi connectivity index (χ1) is 10.2. The van der Waals surface area contributed by atoms with Crippen LogP contribution in [-0.2, 0) is 6.42 Å². The third-order valence-corrected chi connectivity index (χ3v) is 3.41. The Bertz CT molecular complexity index is 780. The minimum atomic E-state index is 0.675. The first kappa shape index (κ1) is 13.3. The van der Waals surface area contributed by atoms with Crippen molar-refractivity contribution in [1.29, 1.82) is 0 Å². The van der Waals surface area contributed by atoms with Gasteiger partial charge in [0.25, 0.3) is 0 Å². The molecule has 0 aliphatic rings. The maximum absolute atomic E-state index is 5.93. The number of H-pyrrole nitrogens is 1. The Morgan fingerprint density at radius 3 is 2.62 bits per heavy atom. The average molecular weight is 283 g/mol. The lowest BCUT2D eigenvalue weighted by Crippen LogP contribution is -1.95. The fraction of sp³-hybridized carbons (Fsp3) is 0.188. The minimum Gasteiger partial charge on any atom is -0.493 e. The van der Waals surface area contributed by atoms with Crippen LogP contribution in [0.1, 0.15) is 11.4 Å². The zero-order valence-corrected chi connectivity index (χ0v) is 12.0. The Morgan fingerprint density at radius 1 is 1.10 bits per heavy atom. The summed E-state index contributed by atoms with van der Waals surface area (Å²) in [5.74, 6) is 2.30. The number of nitrogens with zero attached hydrogens (tertiary/aromatic N) is 1. The van der Waals surface area contributed by atoms with Gasteiger partial charge in [-0.05, 0) is 29.8 Å². The Morgan fingerprint density at radius 2 is 1.90 bits per heavy atom. The Kier molecular flexibility index (Phi) is 3.39. The first-order valence-electron chi connectivity index (χ1n) is 6.65. The number of aromatic nitrogens is 2. The number of ether oxygens (including phenoxy) is 2. The highest BCUT2D eigenvalue weighted by Crippen LogP contribution is 2.28. The van der Waals surface area contributed by atoms with E-state index in [1.165, 1.54) is 0 Å². The van der Waals surface area contributed by atoms with E-state index in [1.54, 1.807) is 14.2 Å². The lowest BCUT2D eigenvalue weighted by Gasteiger charge is -2.08. The highest BCUT2D eigenvalue weighted by molar-refractivity contribution is 5.86. The van der Waals surface area contributed by atoms with Crippen molar-refractivity contribution in [1.82, 2.24) is 9.97 Å². The monoisotopic (exact) mass is 283 g/mol. The van der Waals surface area contributed by atoms with Gasteiger partial charge < -0.3 is 20.2 Å². The molecule has 3 N–H and O–H groups in total. The molecule has 0 spiro atoms. The van der Waals surface area contributed by atoms with Gasteiger partial charge in [-0.1, -0.05) is 12.1 Å². The molecule has 0 radical (unpaired) electrons. The highest BCUT2D eigenvalue weighted by atomic mass is 16.5. The summed E-state index contributed by atoms with van der Waals surface area (Å²) in [6.45, 7) is 0. The molecule has 0 amide bonds. The summed E-state index contributed by atoms with van der Waals surface area (Å²) in [6.07, 6.45) is 0.675. The van der Waals surface area contributed by atoms with Crippen LogP contribution in [-0.4, -0.2) is 24.2 Å². The number of nitrogens with two attached hydrogens (primary N) is 1. The summed E-state index contributed by atoms with van der Waals surface area (Å²) >= 11 is 0. The largest absolute Gasteiger partial charge is 0.493 e. The van der Waals surface area contributed by atoms with E-state index >= 15 is 0 Å². The Balaban J connectivity index is 1.93. The quantitative estimate of drug-likeness (QED) is 0.722. The molecule has 0 unspecified atom stereocenters. The summed E-state index contributed by atoms with van der Waals surface area (Å²) in [4.78, 5) is 7.84. The van der Waals surface area contributed by atoms with Gasteiger partial charge in [-0.25, -0.2) is 4.98 Å². The van der Waals surface area contributed by atoms with Crippen LogP contribution in [0.2, 0.25) is 0 Å². The molecule has 0 atom stereocenters. The number of benzene rings is 2. The van der Waals surface area contributed by atoms with Crippen LogP contribution in [0.4, 0.5) is 5.69 Å². The first-order valence-corrected chi connectivity index (χ1v) is 6.65. The van der Waals surface area contributed by atoms with Gasteiger partial charge >= 0.3 is 0 Å². The number of fused-ring (bicyclic) bond motifs is 1. The maximum Gasteiger partial charge on any atom is 0.161 e. The molecule has 108 valence electrons. The normalized spacial score (nSPS) is 10.8. The standard InChI is InChI=1S/C16H17N3O2/c1-20-13-7-6-10(8-14(13)21-2)9-15-18-12-5-3-4-11(17)16(12)19-15/h3-8H,9,17H2,1-2H3,(H,18,19). The van der Waals surface area contributed by atoms with Gasteiger partial charge in [0.05, 0.1) is 25.4 Å². The molecular formula is C16H17N3O2. The van der Waals surface area contributed by atoms with Crippen LogP contribution in [0.5, 0.6) is 11.5 Å². The molecular weight excluding hydrogens is 266 g/mol. The summed E-state index contributed by atoms with van der Waals surface area (Å²) in [5.41, 5.74) is 9.46. The number of rotatable bonds is 4. The van der Waals surface area contributed by atoms with Crippen LogP contribution in [0.3, 0.4) is 0 Å². The zero-order valence-electron chi connectivity index (χ0n) is 12.0. The third-order valence-electron chi connectivity index (χ3n) is 3.41. The second-order valence-electron chi connectivity index (χ2n) is 4.79. The molecule has 0 aliphatic heterocycles. The number of nitrogen functional groups attached to an aromatic ring is 1. The third kappa shape index (κ3) is 2.50. The minimum absolute atomic E-state index is 0.675. The van der Waals surface area contributed by atoms with Gasteiger partial charge in [0.2, 0.25) is 0 Å². The molecule has 2 aromatic carbocycles. The molecule has 5 nitrogen and oxygen atoms in total. The Hall–Kier alpha value is -2.69. The van der Waals surface area contributed by atoms with Crippen molar-refractivity contribution in [2.24, 2.45) is 0 Å². The van der Waals surface area contributed by atoms with Crippen molar-refractivity contribution in [3.8, 4) is 11.5 Å². The molecule has 0 fully saturated rings. The molecule has 1 heterocycles. The molecule has 3 rings (SSSR count). The van der Waals surface area contributed by atoms with Gasteiger partial charge in [-0.2, -0.15) is 0 Å². The van der Waals surface area contributed by atoms with Gasteiger partial charge in [0, 0.05) is 6.42 Å². The van der Waals surface area contributed by atoms with E-state index in [2.05, 4.69) is 9.97 Å². The van der Waals surface area contributed by atoms with E-state index in [1.807, 2.05) is 36.4 Å². The number of nitrogens with one attached hydrogen (secondary N) is 1. The molecule has 21 heavy (non-hydrogen) atoms. The van der Waals surface area contributed by atoms with Crippen molar-refractivity contribution in [2.45, 2.75) is 6.42 Å². The Labute approximate surface area is 122 Å². The number of anilines is 1. The van der Waals surface area contributed by atoms with E-state index in [9.17, 15) is 0 Å². The van der Waals surface area contributed by atoms with Crippen LogP contribution in [0.15, 0.2) is 36.4 Å². The lowest BCUT2D eigenvalue weighted by molar-refractivity contribution is 0.354. The van der Waals surface area contributed by atoms with E-state index in [-0.39, 0.29) is 0 Å². The topological polar surface area (TPSA) is 73.2 Å². The highest BCUT2D eigenvalue weighted by Gasteiger charge is 2.09. The average Bonchev–Trinajstić information content (AvgIpc) is 2.91. The molecule has 0 saturated heterocycles. The number of para-hydroxylation sites is 1. The summed E-state index contributed by atoms with van der Waals surface area (Å²) in [6, 6.07) is 11.6. The van der Waals surface area contributed by atoms with Gasteiger partial charge in [-0.15, -0.1) is 0 Å². The van der Waals surface area contributed by atoms with Crippen molar-refractivity contribution < 1.29 is 9.47 Å². The second kappa shape index (κ2) is 5.36. The number of imidazole rings is 1. The van der Waals surface area contributed by atoms with Crippen LogP contribution in [0, 0.1) is 0 Å². The molecule has 0 bridgehead atoms. The number of aromatic amines is 1. The maximum atomic E-state index is 5.93. The number of hydrogen-bond acceptors (Lipinski definition) is 4. The zero-order chi connectivity index (χ0) is 14.8. The van der Waals surface area contributed by atoms with Crippen molar-refractivity contribution in [3.05, 3.63) is 47.8 Å². The SMILES string of the molecule is COc1ccc(Cc2nc3c(N)cccc3[nH]2)cc1OC. The predicted molar refractivity (Wildman–Crippen MR) is 82.9 cm³/mol. The van der Waals surface area contributed by atoms with Gasteiger partial charge in [0.15, 0.2) is 11.5 Å². The lowest BCUT2D eigenvalue weighted by atomic mass is 10.1. The number of hydrogen-bond donors (Lipinski definition) is 2. The van der Waals surface area contributed by atoms with Crippen molar-refractivity contribution in [2.75, 3.05) is 20.0 Å². The van der Waals surface area contributed by atoms with Crippen molar-refractivity contribution >= 4 is 16.7 Å². The smallest absolute Gasteiger partial charge is 0.161 e. The van der Waals surface area contributed by atoms with Crippen LogP contribution >= 0.6 is 0 Å². The van der Waals surface area contributed by atoms with Gasteiger partial charge in [-0.3, -0.25) is 0 Å². The summed E-state index contributed by atoms with van der Waals surface area (Å²) in [5, 5.41) is 0. The molecule has 5 heteroatoms. The molecule has 0 aliphatic carbocycles. The summed E-state index contributed by atoms with van der Waals surface area (Å²) in [7, 11) is 3.25. The fourth-order valence-corrected chi connectivity index (χ4v) is 2.37. The molecule has 0 saturated carbocycles. The van der Waals surface area contributed by atoms with E-state index in [4.69, 9.17) is 15.2 Å². The van der Waals surface area contributed by atoms with Crippen LogP contribution < -0.4 is 15.2 Å². The molecule has 3 aromatic rings. The number of methoxy groups -OCH3 is 2. The van der Waals surface area contributed by atoms with Crippen molar-refractivity contribution in [3.63, 3.8) is 0 Å². The van der Waals surface area contributed by atoms with E-state index in [0.29, 0.717) is 17.9 Å². The predicted octanol–water partition coefficient (Wildman–Crippen LogP) is 2.75. The fourth-order valence-electron chi connectivity index (χ4n) is 2.37. The van der Waals surface area contributed by atoms with Crippen LogP contribution in [0.25, 0.3) is 11.0 Å². The summed E-state index contributed by atoms with van der Waals surface area (Å²) < 4.78 is 10.6. The second-order valence-corrected chi connectivity index (χ2v) is 4.79. The van der Waals surface area contributed by atoms with E-state index < -0.39 is 0 Å².